The fourth-order valence-electron chi connectivity index (χ4n) is 6.69. The Hall–Kier alpha value is -3.35. The molecular formula is C29H32FN7O. The summed E-state index contributed by atoms with van der Waals surface area (Å²) in [6, 6.07) is 8.94. The van der Waals surface area contributed by atoms with Crippen LogP contribution in [0.4, 0.5) is 10.2 Å². The zero-order chi connectivity index (χ0) is 25.8. The van der Waals surface area contributed by atoms with Crippen molar-refractivity contribution >= 4 is 16.7 Å². The van der Waals surface area contributed by atoms with E-state index in [4.69, 9.17) is 9.72 Å². The summed E-state index contributed by atoms with van der Waals surface area (Å²) in [7, 11) is 2.10. The summed E-state index contributed by atoms with van der Waals surface area (Å²) < 4.78 is 22.5. The second kappa shape index (κ2) is 9.44. The number of fused-ring (bicyclic) bond motifs is 4. The van der Waals surface area contributed by atoms with Crippen LogP contribution in [0.3, 0.4) is 0 Å². The normalized spacial score (nSPS) is 26.3. The number of nitrogens with one attached hydrogen (secondary N) is 1. The number of hydrogen-bond donors (Lipinski definition) is 1. The molecule has 4 heterocycles. The predicted molar refractivity (Wildman–Crippen MR) is 143 cm³/mol. The Balaban J connectivity index is 1.31. The van der Waals surface area contributed by atoms with Gasteiger partial charge in [0.15, 0.2) is 5.82 Å². The average Bonchev–Trinajstić information content (AvgIpc) is 3.40. The SMILES string of the molecule is CN1CCC[C@H]1COc1nc(N2CCN[C@@H](CC#N)C2)c2cnc(-c3cccc4c3C3CC3C4)c(F)c2n1. The first-order valence-electron chi connectivity index (χ1n) is 13.8. The number of piperazine rings is 1. The van der Waals surface area contributed by atoms with Crippen LogP contribution in [0.1, 0.15) is 42.7 Å². The fraction of sp³-hybridized carbons (Fsp3) is 0.517. The Kier molecular flexibility index (Phi) is 5.90. The Bertz CT molecular complexity index is 1440. The number of nitriles is 1. The van der Waals surface area contributed by atoms with Crippen LogP contribution in [0.5, 0.6) is 6.01 Å². The first kappa shape index (κ1) is 23.7. The molecule has 0 radical (unpaired) electrons. The summed E-state index contributed by atoms with van der Waals surface area (Å²) in [4.78, 5) is 18.5. The molecule has 2 saturated heterocycles. The van der Waals surface area contributed by atoms with E-state index < -0.39 is 5.82 Å². The van der Waals surface area contributed by atoms with Gasteiger partial charge in [0.05, 0.1) is 17.9 Å². The van der Waals surface area contributed by atoms with Crippen molar-refractivity contribution in [1.29, 1.82) is 5.26 Å². The van der Waals surface area contributed by atoms with Crippen LogP contribution in [0.15, 0.2) is 24.4 Å². The van der Waals surface area contributed by atoms with Gasteiger partial charge >= 0.3 is 6.01 Å². The van der Waals surface area contributed by atoms with Crippen LogP contribution in [-0.4, -0.2) is 71.8 Å². The van der Waals surface area contributed by atoms with Crippen LogP contribution in [0.2, 0.25) is 0 Å². The summed E-state index contributed by atoms with van der Waals surface area (Å²) in [5.41, 5.74) is 4.07. The molecule has 4 aliphatic rings. The number of halogens is 1. The standard InChI is InChI=1S/C29H32FN7O/c1-36-10-3-5-20(36)16-38-29-34-27-23(28(35-29)37-11-9-32-19(15-37)7-8-31)14-33-26(25(27)30)21-6-2-4-17-12-18-13-22(18)24(17)21/h2,4,6,14,18-20,22,32H,3,5,7,9-13,15-16H2,1H3/t18?,19-,20-,22?/m0/s1. The molecule has 8 nitrogen and oxygen atoms in total. The monoisotopic (exact) mass is 513 g/mol. The number of aromatic nitrogens is 3. The van der Waals surface area contributed by atoms with Gasteiger partial charge in [0, 0.05) is 43.5 Å². The van der Waals surface area contributed by atoms with Crippen molar-refractivity contribution in [3.63, 3.8) is 0 Å². The molecule has 2 unspecified atom stereocenters. The lowest BCUT2D eigenvalue weighted by atomic mass is 9.96. The van der Waals surface area contributed by atoms with E-state index in [-0.39, 0.29) is 17.6 Å². The molecule has 2 aromatic heterocycles. The topological polar surface area (TPSA) is 90.2 Å². The van der Waals surface area contributed by atoms with Gasteiger partial charge in [-0.2, -0.15) is 15.2 Å². The highest BCUT2D eigenvalue weighted by Gasteiger charge is 2.46. The molecule has 38 heavy (non-hydrogen) atoms. The van der Waals surface area contributed by atoms with E-state index in [1.807, 2.05) is 12.1 Å². The van der Waals surface area contributed by atoms with E-state index in [9.17, 15) is 5.26 Å². The molecule has 1 N–H and O–H groups in total. The third-order valence-corrected chi connectivity index (χ3v) is 8.84. The number of hydrogen-bond acceptors (Lipinski definition) is 8. The van der Waals surface area contributed by atoms with Gasteiger partial charge in [0.2, 0.25) is 0 Å². The Morgan fingerprint density at radius 2 is 2.18 bits per heavy atom. The van der Waals surface area contributed by atoms with Gasteiger partial charge in [-0.05, 0) is 62.2 Å². The van der Waals surface area contributed by atoms with E-state index in [0.717, 1.165) is 31.4 Å². The van der Waals surface area contributed by atoms with Crippen molar-refractivity contribution in [2.75, 3.05) is 44.7 Å². The molecule has 196 valence electrons. The van der Waals surface area contributed by atoms with Crippen molar-refractivity contribution < 1.29 is 9.13 Å². The summed E-state index contributed by atoms with van der Waals surface area (Å²) in [5.74, 6) is 1.42. The quantitative estimate of drug-likeness (QED) is 0.534. The van der Waals surface area contributed by atoms with Crippen LogP contribution in [0, 0.1) is 23.1 Å². The van der Waals surface area contributed by atoms with Crippen molar-refractivity contribution in [2.45, 2.75) is 50.1 Å². The summed E-state index contributed by atoms with van der Waals surface area (Å²) in [6.45, 7) is 3.52. The van der Waals surface area contributed by atoms with Crippen molar-refractivity contribution in [3.8, 4) is 23.3 Å². The maximum Gasteiger partial charge on any atom is 0.319 e. The van der Waals surface area contributed by atoms with Gasteiger partial charge in [0.25, 0.3) is 0 Å². The van der Waals surface area contributed by atoms with Crippen LogP contribution >= 0.6 is 0 Å². The second-order valence-corrected chi connectivity index (χ2v) is 11.2. The number of likely N-dealkylation sites (N-methyl/N-ethyl adjacent to an activating group) is 1. The summed E-state index contributed by atoms with van der Waals surface area (Å²) >= 11 is 0. The highest BCUT2D eigenvalue weighted by Crippen LogP contribution is 2.58. The lowest BCUT2D eigenvalue weighted by Gasteiger charge is -2.34. The molecule has 0 bridgehead atoms. The molecule has 4 atom stereocenters. The Morgan fingerprint density at radius 3 is 3.03 bits per heavy atom. The van der Waals surface area contributed by atoms with Gasteiger partial charge < -0.3 is 19.9 Å². The van der Waals surface area contributed by atoms with E-state index in [1.54, 1.807) is 6.20 Å². The van der Waals surface area contributed by atoms with Gasteiger partial charge in [-0.1, -0.05) is 18.2 Å². The molecule has 2 aliphatic carbocycles. The molecule has 0 amide bonds. The molecule has 3 fully saturated rings. The van der Waals surface area contributed by atoms with E-state index in [0.29, 0.717) is 67.4 Å². The highest BCUT2D eigenvalue weighted by atomic mass is 19.1. The summed E-state index contributed by atoms with van der Waals surface area (Å²) in [5, 5.41) is 13.2. The van der Waals surface area contributed by atoms with Crippen molar-refractivity contribution in [2.24, 2.45) is 5.92 Å². The second-order valence-electron chi connectivity index (χ2n) is 11.2. The number of rotatable bonds is 6. The third kappa shape index (κ3) is 4.07. The first-order valence-corrected chi connectivity index (χ1v) is 13.8. The van der Waals surface area contributed by atoms with E-state index >= 15 is 4.39 Å². The maximum atomic E-state index is 16.4. The van der Waals surface area contributed by atoms with Crippen molar-refractivity contribution in [3.05, 3.63) is 41.3 Å². The average molecular weight is 514 g/mol. The minimum absolute atomic E-state index is 0.0192. The first-order chi connectivity index (χ1) is 18.6. The van der Waals surface area contributed by atoms with E-state index in [2.05, 4.69) is 44.3 Å². The minimum atomic E-state index is -0.421. The predicted octanol–water partition coefficient (Wildman–Crippen LogP) is 3.66. The van der Waals surface area contributed by atoms with Gasteiger partial charge in [-0.3, -0.25) is 4.98 Å². The van der Waals surface area contributed by atoms with Crippen molar-refractivity contribution in [1.82, 2.24) is 25.2 Å². The third-order valence-electron chi connectivity index (χ3n) is 8.84. The van der Waals surface area contributed by atoms with Crippen LogP contribution in [-0.2, 0) is 6.42 Å². The molecule has 3 aromatic rings. The van der Waals surface area contributed by atoms with E-state index in [1.165, 1.54) is 17.5 Å². The molecule has 2 aliphatic heterocycles. The van der Waals surface area contributed by atoms with Gasteiger partial charge in [-0.25, -0.2) is 4.39 Å². The highest BCUT2D eigenvalue weighted by molar-refractivity contribution is 5.92. The van der Waals surface area contributed by atoms with Gasteiger partial charge in [0.1, 0.15) is 23.6 Å². The molecule has 1 saturated carbocycles. The lowest BCUT2D eigenvalue weighted by Crippen LogP contribution is -2.51. The lowest BCUT2D eigenvalue weighted by molar-refractivity contribution is 0.188. The van der Waals surface area contributed by atoms with Gasteiger partial charge in [-0.15, -0.1) is 0 Å². The molecule has 1 aromatic carbocycles. The molecular weight excluding hydrogens is 481 g/mol. The molecule has 9 heteroatoms. The zero-order valence-corrected chi connectivity index (χ0v) is 21.7. The van der Waals surface area contributed by atoms with Crippen LogP contribution in [0.25, 0.3) is 22.2 Å². The number of benzene rings is 1. The fourth-order valence-corrected chi connectivity index (χ4v) is 6.69. The number of anilines is 1. The Morgan fingerprint density at radius 1 is 1.26 bits per heavy atom. The largest absolute Gasteiger partial charge is 0.462 e. The van der Waals surface area contributed by atoms with Crippen LogP contribution < -0.4 is 15.0 Å². The Labute approximate surface area is 221 Å². The number of pyridine rings is 1. The summed E-state index contributed by atoms with van der Waals surface area (Å²) in [6.07, 6.45) is 6.59. The molecule has 7 rings (SSSR count). The number of nitrogens with zero attached hydrogens (tertiary/aromatic N) is 6. The molecule has 0 spiro atoms. The maximum absolute atomic E-state index is 16.4. The number of likely N-dealkylation sites (tertiary alicyclic amines) is 1. The smallest absolute Gasteiger partial charge is 0.319 e. The minimum Gasteiger partial charge on any atom is -0.462 e. The number of ether oxygens (including phenoxy) is 1. The zero-order valence-electron chi connectivity index (χ0n) is 21.7.